The summed E-state index contributed by atoms with van der Waals surface area (Å²) in [6, 6.07) is 5.86. The zero-order valence-electron chi connectivity index (χ0n) is 5.95. The van der Waals surface area contributed by atoms with Crippen molar-refractivity contribution in [1.29, 1.82) is 0 Å². The molecule has 2 nitrogen and oxygen atoms in total. The molecule has 0 radical (unpaired) electrons. The first-order valence-corrected chi connectivity index (χ1v) is 4.66. The molecule has 0 saturated carbocycles. The maximum Gasteiger partial charge on any atom is 0.552 e. The second kappa shape index (κ2) is 3.44. The molecular weight excluding hydrogens is 166 g/mol. The van der Waals surface area contributed by atoms with Gasteiger partial charge in [0.05, 0.1) is 0 Å². The molecule has 0 saturated heterocycles. The summed E-state index contributed by atoms with van der Waals surface area (Å²) in [7, 11) is -1.78. The van der Waals surface area contributed by atoms with Gasteiger partial charge in [0.25, 0.3) is 0 Å². The van der Waals surface area contributed by atoms with E-state index < -0.39 is 13.8 Å². The fourth-order valence-corrected chi connectivity index (χ4v) is 1.08. The third-order valence-corrected chi connectivity index (χ3v) is 1.52. The summed E-state index contributed by atoms with van der Waals surface area (Å²) in [6.07, 6.45) is 0. The lowest BCUT2D eigenvalue weighted by Crippen LogP contribution is -1.83. The molecule has 1 rings (SSSR count). The van der Waals surface area contributed by atoms with Gasteiger partial charge in [0.2, 0.25) is 5.75 Å². The molecule has 0 spiro atoms. The largest absolute Gasteiger partial charge is 0.552 e. The van der Waals surface area contributed by atoms with Crippen molar-refractivity contribution >= 4 is 8.03 Å². The molecule has 11 heavy (non-hydrogen) atoms. The van der Waals surface area contributed by atoms with Crippen molar-refractivity contribution in [3.05, 3.63) is 30.1 Å². The summed E-state index contributed by atoms with van der Waals surface area (Å²) >= 11 is 0. The summed E-state index contributed by atoms with van der Waals surface area (Å²) < 4.78 is 27.9. The summed E-state index contributed by atoms with van der Waals surface area (Å²) in [5.41, 5.74) is 0. The van der Waals surface area contributed by atoms with Crippen LogP contribution in [-0.2, 0) is 4.57 Å². The number of para-hydroxylation sites is 1. The summed E-state index contributed by atoms with van der Waals surface area (Å²) in [6.45, 7) is 1.38. The fourth-order valence-electron chi connectivity index (χ4n) is 0.657. The van der Waals surface area contributed by atoms with Crippen LogP contribution < -0.4 is 4.52 Å². The van der Waals surface area contributed by atoms with E-state index in [1.54, 1.807) is 12.1 Å². The normalized spacial score (nSPS) is 10.9. The van der Waals surface area contributed by atoms with E-state index in [4.69, 9.17) is 0 Å². The molecule has 1 aromatic rings. The predicted molar refractivity (Wildman–Crippen MR) is 40.6 cm³/mol. The van der Waals surface area contributed by atoms with Crippen LogP contribution in [0.4, 0.5) is 4.39 Å². The minimum atomic E-state index is -1.78. The third-order valence-electron chi connectivity index (χ3n) is 1.06. The van der Waals surface area contributed by atoms with E-state index >= 15 is 0 Å². The maximum atomic E-state index is 12.7. The molecule has 1 unspecified atom stereocenters. The number of rotatable bonds is 2. The molecule has 0 heterocycles. The summed E-state index contributed by atoms with van der Waals surface area (Å²) in [4.78, 5) is 0. The van der Waals surface area contributed by atoms with Gasteiger partial charge in [-0.2, -0.15) is 0 Å². The minimum Gasteiger partial charge on any atom is -0.251 e. The standard InChI is InChI=1S/C7H7FO2P/c1-11(9)10-7-5-3-2-4-6(7)8/h2-5H,1H3/q+1. The molecule has 0 aliphatic carbocycles. The molecular formula is C7H7FO2P+. The Morgan fingerprint density at radius 3 is 2.64 bits per heavy atom. The lowest BCUT2D eigenvalue weighted by Gasteiger charge is -1.91. The average molecular weight is 173 g/mol. The summed E-state index contributed by atoms with van der Waals surface area (Å²) in [5.74, 6) is -0.450. The van der Waals surface area contributed by atoms with Gasteiger partial charge in [0, 0.05) is 0 Å². The molecule has 1 atom stereocenters. The summed E-state index contributed by atoms with van der Waals surface area (Å²) in [5, 5.41) is 0. The Hall–Kier alpha value is -0.950. The highest BCUT2D eigenvalue weighted by Crippen LogP contribution is 2.25. The predicted octanol–water partition coefficient (Wildman–Crippen LogP) is 2.58. The first-order valence-electron chi connectivity index (χ1n) is 3.03. The van der Waals surface area contributed by atoms with Crippen LogP contribution in [0.15, 0.2) is 24.3 Å². The topological polar surface area (TPSA) is 26.3 Å². The number of benzene rings is 1. The smallest absolute Gasteiger partial charge is 0.251 e. The quantitative estimate of drug-likeness (QED) is 0.642. The fraction of sp³-hybridized carbons (Fsp3) is 0.143. The maximum absolute atomic E-state index is 12.7. The first-order chi connectivity index (χ1) is 5.20. The second-order valence-corrected chi connectivity index (χ2v) is 3.02. The van der Waals surface area contributed by atoms with E-state index in [1.807, 2.05) is 0 Å². The van der Waals surface area contributed by atoms with Crippen molar-refractivity contribution in [3.8, 4) is 5.75 Å². The lowest BCUT2D eigenvalue weighted by atomic mass is 10.3. The second-order valence-electron chi connectivity index (χ2n) is 1.96. The van der Waals surface area contributed by atoms with Crippen molar-refractivity contribution < 1.29 is 13.5 Å². The Kier molecular flexibility index (Phi) is 2.55. The van der Waals surface area contributed by atoms with Gasteiger partial charge in [-0.05, 0) is 16.7 Å². The van der Waals surface area contributed by atoms with E-state index in [9.17, 15) is 8.96 Å². The van der Waals surface area contributed by atoms with Gasteiger partial charge in [0.1, 0.15) is 0 Å². The van der Waals surface area contributed by atoms with Gasteiger partial charge < -0.3 is 0 Å². The van der Waals surface area contributed by atoms with Gasteiger partial charge in [0.15, 0.2) is 12.5 Å². The molecule has 0 aromatic heterocycles. The Morgan fingerprint density at radius 2 is 2.09 bits per heavy atom. The van der Waals surface area contributed by atoms with Crippen LogP contribution >= 0.6 is 8.03 Å². The van der Waals surface area contributed by atoms with E-state index in [2.05, 4.69) is 4.52 Å². The molecule has 58 valence electrons. The Bertz CT molecular complexity index is 275. The number of halogens is 1. The SMILES string of the molecule is C[P+](=O)Oc1ccccc1F. The van der Waals surface area contributed by atoms with Crippen LogP contribution in [0.2, 0.25) is 0 Å². The third kappa shape index (κ3) is 2.28. The zero-order chi connectivity index (χ0) is 8.27. The molecule has 0 N–H and O–H groups in total. The number of hydrogen-bond acceptors (Lipinski definition) is 2. The van der Waals surface area contributed by atoms with E-state index in [1.165, 1.54) is 18.8 Å². The van der Waals surface area contributed by atoms with Crippen LogP contribution in [0.3, 0.4) is 0 Å². The molecule has 1 aromatic carbocycles. The molecule has 0 aliphatic heterocycles. The Morgan fingerprint density at radius 1 is 1.45 bits per heavy atom. The van der Waals surface area contributed by atoms with Crippen molar-refractivity contribution in [3.63, 3.8) is 0 Å². The molecule has 0 amide bonds. The molecule has 4 heteroatoms. The van der Waals surface area contributed by atoms with Crippen molar-refractivity contribution in [2.45, 2.75) is 0 Å². The van der Waals surface area contributed by atoms with Crippen molar-refractivity contribution in [1.82, 2.24) is 0 Å². The average Bonchev–Trinajstić information content (AvgIpc) is 1.93. The van der Waals surface area contributed by atoms with E-state index in [0.29, 0.717) is 0 Å². The highest BCUT2D eigenvalue weighted by Gasteiger charge is 2.12. The van der Waals surface area contributed by atoms with Gasteiger partial charge in [-0.25, -0.2) is 4.39 Å². The van der Waals surface area contributed by atoms with Crippen molar-refractivity contribution in [2.75, 3.05) is 6.66 Å². The van der Waals surface area contributed by atoms with Crippen LogP contribution in [0, 0.1) is 5.82 Å². The molecule has 0 bridgehead atoms. The number of hydrogen-bond donors (Lipinski definition) is 0. The van der Waals surface area contributed by atoms with Gasteiger partial charge >= 0.3 is 8.03 Å². The van der Waals surface area contributed by atoms with Gasteiger partial charge in [-0.3, -0.25) is 4.52 Å². The Labute approximate surface area is 64.9 Å². The lowest BCUT2D eigenvalue weighted by molar-refractivity contribution is 0.482. The van der Waals surface area contributed by atoms with Crippen molar-refractivity contribution in [2.24, 2.45) is 0 Å². The van der Waals surface area contributed by atoms with E-state index in [-0.39, 0.29) is 5.75 Å². The van der Waals surface area contributed by atoms with E-state index in [0.717, 1.165) is 0 Å². The molecule has 0 aliphatic rings. The van der Waals surface area contributed by atoms with Crippen LogP contribution in [0.25, 0.3) is 0 Å². The monoisotopic (exact) mass is 173 g/mol. The first kappa shape index (κ1) is 8.15. The highest BCUT2D eigenvalue weighted by molar-refractivity contribution is 7.38. The Balaban J connectivity index is 2.86. The van der Waals surface area contributed by atoms with Crippen LogP contribution in [0.5, 0.6) is 5.75 Å². The highest BCUT2D eigenvalue weighted by atomic mass is 31.1. The zero-order valence-corrected chi connectivity index (χ0v) is 6.85. The minimum absolute atomic E-state index is 0.0381. The molecule has 0 fully saturated rings. The van der Waals surface area contributed by atoms with Crippen LogP contribution in [0.1, 0.15) is 0 Å². The van der Waals surface area contributed by atoms with Gasteiger partial charge in [-0.1, -0.05) is 12.1 Å². The van der Waals surface area contributed by atoms with Gasteiger partial charge in [-0.15, -0.1) is 0 Å². The van der Waals surface area contributed by atoms with Crippen LogP contribution in [-0.4, -0.2) is 6.66 Å².